The predicted molar refractivity (Wildman–Crippen MR) is 112 cm³/mol. The molecule has 3 N–H and O–H groups in total. The number of halogens is 1. The Labute approximate surface area is 175 Å². The van der Waals surface area contributed by atoms with E-state index in [2.05, 4.69) is 52.8 Å². The van der Waals surface area contributed by atoms with E-state index in [0.717, 1.165) is 58.7 Å². The molecule has 1 fully saturated rings. The van der Waals surface area contributed by atoms with Crippen molar-refractivity contribution in [1.82, 2.24) is 35.0 Å². The van der Waals surface area contributed by atoms with Crippen LogP contribution >= 0.6 is 15.9 Å². The Bertz CT molecular complexity index is 1140. The zero-order valence-electron chi connectivity index (χ0n) is 15.9. The Kier molecular flexibility index (Phi) is 4.72. The summed E-state index contributed by atoms with van der Waals surface area (Å²) in [5.41, 5.74) is 3.88. The normalized spacial score (nSPS) is 17.0. The quantitative estimate of drug-likeness (QED) is 0.409. The molecule has 4 aromatic heterocycles. The molecule has 1 aliphatic rings. The standard InChI is InChI=1S/C19H20BrN9/c1-28-11-13(7-24-28)15-10-25-29-17(27-19-22-8-14(20)9-23-19)5-16(26-18(15)29)12-3-2-4-21-6-12/h5,7-12,21H,2-4,6H2,1H3,(H,22,23,25,26,27)/p+1. The van der Waals surface area contributed by atoms with Crippen LogP contribution in [0.2, 0.25) is 0 Å². The molecular weight excluding hydrogens is 434 g/mol. The zero-order chi connectivity index (χ0) is 19.8. The number of hydrogen-bond acceptors (Lipinski definition) is 6. The van der Waals surface area contributed by atoms with Crippen LogP contribution in [-0.4, -0.2) is 42.8 Å². The smallest absolute Gasteiger partial charge is 0.228 e. The van der Waals surface area contributed by atoms with Crippen LogP contribution < -0.4 is 15.3 Å². The third kappa shape index (κ3) is 3.60. The highest BCUT2D eigenvalue weighted by molar-refractivity contribution is 9.10. The maximum atomic E-state index is 5.01. The van der Waals surface area contributed by atoms with Crippen molar-refractivity contribution < 1.29 is 4.68 Å². The molecule has 0 radical (unpaired) electrons. The Morgan fingerprint density at radius 3 is 2.86 bits per heavy atom. The summed E-state index contributed by atoms with van der Waals surface area (Å²) in [5, 5.41) is 14.5. The second-order valence-electron chi connectivity index (χ2n) is 7.22. The van der Waals surface area contributed by atoms with Gasteiger partial charge in [-0.05, 0) is 35.3 Å². The van der Waals surface area contributed by atoms with Crippen LogP contribution in [-0.2, 0) is 7.05 Å². The number of hydrogen-bond donors (Lipinski definition) is 3. The molecule has 0 aliphatic carbocycles. The molecule has 4 aromatic rings. The molecular formula is C19H21BrN9+. The molecule has 1 aliphatic heterocycles. The van der Waals surface area contributed by atoms with Gasteiger partial charge in [0.2, 0.25) is 12.1 Å². The molecule has 0 aromatic carbocycles. The molecule has 5 heterocycles. The van der Waals surface area contributed by atoms with Crippen molar-refractivity contribution in [2.75, 3.05) is 18.4 Å². The lowest BCUT2D eigenvalue weighted by Gasteiger charge is -2.23. The van der Waals surface area contributed by atoms with Gasteiger partial charge in [-0.3, -0.25) is 0 Å². The predicted octanol–water partition coefficient (Wildman–Crippen LogP) is 2.31. The van der Waals surface area contributed by atoms with Crippen molar-refractivity contribution in [3.05, 3.63) is 47.2 Å². The minimum atomic E-state index is 0.366. The molecule has 29 heavy (non-hydrogen) atoms. The number of fused-ring (bicyclic) bond motifs is 1. The minimum absolute atomic E-state index is 0.366. The lowest BCUT2D eigenvalue weighted by atomic mass is 9.96. The second kappa shape index (κ2) is 7.53. The van der Waals surface area contributed by atoms with Crippen molar-refractivity contribution in [2.24, 2.45) is 7.05 Å². The molecule has 9 nitrogen and oxygen atoms in total. The molecule has 1 saturated heterocycles. The van der Waals surface area contributed by atoms with Crippen LogP contribution in [0.1, 0.15) is 24.5 Å². The van der Waals surface area contributed by atoms with Gasteiger partial charge in [0.25, 0.3) is 0 Å². The summed E-state index contributed by atoms with van der Waals surface area (Å²) >= 11 is 3.37. The molecule has 1 unspecified atom stereocenters. The van der Waals surface area contributed by atoms with Crippen molar-refractivity contribution in [2.45, 2.75) is 18.8 Å². The molecule has 0 amide bonds. The first-order chi connectivity index (χ1) is 14.2. The summed E-state index contributed by atoms with van der Waals surface area (Å²) in [5.74, 6) is 1.67. The van der Waals surface area contributed by atoms with Crippen LogP contribution in [0.4, 0.5) is 11.8 Å². The van der Waals surface area contributed by atoms with Crippen LogP contribution in [0.5, 0.6) is 0 Å². The maximum absolute atomic E-state index is 5.01. The fraction of sp³-hybridized carbons (Fsp3) is 0.316. The monoisotopic (exact) mass is 454 g/mol. The lowest BCUT2D eigenvalue weighted by molar-refractivity contribution is -0.726. The van der Waals surface area contributed by atoms with Crippen molar-refractivity contribution in [1.29, 1.82) is 0 Å². The van der Waals surface area contributed by atoms with Gasteiger partial charge < -0.3 is 10.6 Å². The van der Waals surface area contributed by atoms with E-state index in [1.807, 2.05) is 34.8 Å². The van der Waals surface area contributed by atoms with Crippen LogP contribution in [0.15, 0.2) is 41.5 Å². The number of H-pyrrole nitrogens is 1. The maximum Gasteiger partial charge on any atom is 0.228 e. The summed E-state index contributed by atoms with van der Waals surface area (Å²) < 4.78 is 4.55. The van der Waals surface area contributed by atoms with E-state index in [1.54, 1.807) is 12.4 Å². The average molecular weight is 455 g/mol. The number of aryl methyl sites for hydroxylation is 1. The van der Waals surface area contributed by atoms with Gasteiger partial charge in [-0.25, -0.2) is 15.0 Å². The van der Waals surface area contributed by atoms with Crippen LogP contribution in [0.3, 0.4) is 0 Å². The Morgan fingerprint density at radius 2 is 2.14 bits per heavy atom. The van der Waals surface area contributed by atoms with E-state index in [4.69, 9.17) is 4.98 Å². The lowest BCUT2D eigenvalue weighted by Crippen LogP contribution is -2.29. The number of nitrogens with one attached hydrogen (secondary N) is 3. The van der Waals surface area contributed by atoms with E-state index >= 15 is 0 Å². The summed E-state index contributed by atoms with van der Waals surface area (Å²) in [7, 11) is 1.96. The molecule has 0 spiro atoms. The van der Waals surface area contributed by atoms with E-state index in [-0.39, 0.29) is 0 Å². The largest absolute Gasteiger partial charge is 0.316 e. The van der Waals surface area contributed by atoms with E-state index < -0.39 is 0 Å². The molecule has 0 bridgehead atoms. The van der Waals surface area contributed by atoms with E-state index in [0.29, 0.717) is 11.9 Å². The van der Waals surface area contributed by atoms with E-state index in [9.17, 15) is 0 Å². The van der Waals surface area contributed by atoms with Crippen LogP contribution in [0, 0.1) is 0 Å². The zero-order valence-corrected chi connectivity index (χ0v) is 17.5. The van der Waals surface area contributed by atoms with Crippen molar-refractivity contribution in [3.63, 3.8) is 0 Å². The highest BCUT2D eigenvalue weighted by Crippen LogP contribution is 2.30. The number of rotatable bonds is 4. The SMILES string of the molecule is C[n+]1cc(-c2cnn3c(Nc4ncc(Br)cn4)cc(C4CCCNC4)nc23)c[nH]1. The first kappa shape index (κ1) is 18.2. The topological polar surface area (TPSA) is 99.7 Å². The fourth-order valence-corrected chi connectivity index (χ4v) is 3.89. The van der Waals surface area contributed by atoms with Crippen molar-refractivity contribution in [3.8, 4) is 11.1 Å². The fourth-order valence-electron chi connectivity index (χ4n) is 3.68. The van der Waals surface area contributed by atoms with Gasteiger partial charge in [0.05, 0.1) is 33.7 Å². The molecule has 0 saturated carbocycles. The minimum Gasteiger partial charge on any atom is -0.316 e. The molecule has 5 rings (SSSR count). The van der Waals surface area contributed by atoms with Gasteiger partial charge in [-0.15, -0.1) is 4.68 Å². The van der Waals surface area contributed by atoms with E-state index in [1.165, 1.54) is 0 Å². The Morgan fingerprint density at radius 1 is 1.28 bits per heavy atom. The van der Waals surface area contributed by atoms with Gasteiger partial charge in [-0.2, -0.15) is 14.7 Å². The van der Waals surface area contributed by atoms with Gasteiger partial charge >= 0.3 is 0 Å². The third-order valence-electron chi connectivity index (χ3n) is 5.13. The third-order valence-corrected chi connectivity index (χ3v) is 5.54. The van der Waals surface area contributed by atoms with Gasteiger partial charge in [0.1, 0.15) is 5.82 Å². The van der Waals surface area contributed by atoms with Crippen LogP contribution in [0.25, 0.3) is 16.8 Å². The Balaban J connectivity index is 1.63. The summed E-state index contributed by atoms with van der Waals surface area (Å²) in [4.78, 5) is 13.7. The van der Waals surface area contributed by atoms with Gasteiger partial charge in [0, 0.05) is 30.9 Å². The average Bonchev–Trinajstić information content (AvgIpc) is 3.36. The summed E-state index contributed by atoms with van der Waals surface area (Å²) in [6.07, 6.45) is 11.5. The number of nitrogens with zero attached hydrogens (tertiary/aromatic N) is 6. The second-order valence-corrected chi connectivity index (χ2v) is 8.14. The summed E-state index contributed by atoms with van der Waals surface area (Å²) in [6.45, 7) is 1.99. The number of aromatic nitrogens is 7. The molecule has 10 heteroatoms. The first-order valence-corrected chi connectivity index (χ1v) is 10.3. The van der Waals surface area contributed by atoms with Gasteiger partial charge in [0.15, 0.2) is 12.7 Å². The highest BCUT2D eigenvalue weighted by atomic mass is 79.9. The van der Waals surface area contributed by atoms with Gasteiger partial charge in [-0.1, -0.05) is 0 Å². The number of anilines is 2. The Hall–Kier alpha value is -2.85. The first-order valence-electron chi connectivity index (χ1n) is 9.56. The van der Waals surface area contributed by atoms with Crippen molar-refractivity contribution >= 4 is 33.3 Å². The number of aromatic amines is 1. The molecule has 148 valence electrons. The summed E-state index contributed by atoms with van der Waals surface area (Å²) in [6, 6.07) is 2.06. The highest BCUT2D eigenvalue weighted by Gasteiger charge is 2.22. The molecule has 1 atom stereocenters. The number of piperidine rings is 1.